The van der Waals surface area contributed by atoms with Gasteiger partial charge in [-0.05, 0) is 49.1 Å². The molecule has 2 atom stereocenters. The Labute approximate surface area is 121 Å². The molecule has 3 rings (SSSR count). The molecule has 0 heterocycles. The maximum Gasteiger partial charge on any atom is 0.119 e. The van der Waals surface area contributed by atoms with E-state index in [2.05, 4.69) is 17.4 Å². The maximum atomic E-state index is 6.24. The fourth-order valence-corrected chi connectivity index (χ4v) is 3.64. The summed E-state index contributed by atoms with van der Waals surface area (Å²) in [7, 11) is 3.74. The second-order valence-electron chi connectivity index (χ2n) is 6.06. The molecule has 2 unspecified atom stereocenters. The van der Waals surface area contributed by atoms with Gasteiger partial charge in [-0.2, -0.15) is 0 Å². The molecule has 0 bridgehead atoms. The summed E-state index contributed by atoms with van der Waals surface area (Å²) >= 11 is 0. The zero-order valence-electron chi connectivity index (χ0n) is 12.5. The lowest BCUT2D eigenvalue weighted by atomic mass is 10.1. The van der Waals surface area contributed by atoms with Crippen molar-refractivity contribution in [3.63, 3.8) is 0 Å². The number of methoxy groups -OCH3 is 1. The summed E-state index contributed by atoms with van der Waals surface area (Å²) in [5, 5.41) is 3.42. The molecule has 2 aliphatic carbocycles. The molecule has 3 nitrogen and oxygen atoms in total. The van der Waals surface area contributed by atoms with E-state index in [0.717, 1.165) is 24.7 Å². The Hall–Kier alpha value is -1.06. The highest BCUT2D eigenvalue weighted by molar-refractivity contribution is 5.42. The van der Waals surface area contributed by atoms with Gasteiger partial charge in [0.2, 0.25) is 0 Å². The zero-order chi connectivity index (χ0) is 13.9. The largest absolute Gasteiger partial charge is 0.497 e. The van der Waals surface area contributed by atoms with Gasteiger partial charge in [0.25, 0.3) is 0 Å². The third kappa shape index (κ3) is 2.70. The number of fused-ring (bicyclic) bond motifs is 1. The summed E-state index contributed by atoms with van der Waals surface area (Å²) in [5.74, 6) is 1.71. The zero-order valence-corrected chi connectivity index (χ0v) is 12.5. The molecular formula is C17H25NO2. The quantitative estimate of drug-likeness (QED) is 0.895. The van der Waals surface area contributed by atoms with Gasteiger partial charge >= 0.3 is 0 Å². The SMILES string of the molecule is CNC1c2cc(OC)ccc2CC1OCC1CCCC1. The Morgan fingerprint density at radius 3 is 2.75 bits per heavy atom. The van der Waals surface area contributed by atoms with E-state index in [1.165, 1.54) is 36.8 Å². The monoisotopic (exact) mass is 275 g/mol. The first-order chi connectivity index (χ1) is 9.81. The van der Waals surface area contributed by atoms with Crippen LogP contribution in [0.25, 0.3) is 0 Å². The lowest BCUT2D eigenvalue weighted by molar-refractivity contribution is 0.0158. The van der Waals surface area contributed by atoms with Crippen LogP contribution in [-0.4, -0.2) is 26.9 Å². The highest BCUT2D eigenvalue weighted by Gasteiger charge is 2.33. The van der Waals surface area contributed by atoms with Gasteiger partial charge in [-0.3, -0.25) is 0 Å². The fraction of sp³-hybridized carbons (Fsp3) is 0.647. The Bertz CT molecular complexity index is 454. The predicted molar refractivity (Wildman–Crippen MR) is 80.2 cm³/mol. The summed E-state index contributed by atoms with van der Waals surface area (Å²) in [6.45, 7) is 0.925. The Morgan fingerprint density at radius 2 is 2.05 bits per heavy atom. The van der Waals surface area contributed by atoms with Crippen LogP contribution in [0.1, 0.15) is 42.9 Å². The van der Waals surface area contributed by atoms with Crippen LogP contribution in [0.2, 0.25) is 0 Å². The van der Waals surface area contributed by atoms with E-state index < -0.39 is 0 Å². The minimum atomic E-state index is 0.266. The molecule has 0 spiro atoms. The molecule has 3 heteroatoms. The molecular weight excluding hydrogens is 250 g/mol. The average molecular weight is 275 g/mol. The number of benzene rings is 1. The molecule has 1 aromatic carbocycles. The van der Waals surface area contributed by atoms with E-state index in [1.54, 1.807) is 7.11 Å². The van der Waals surface area contributed by atoms with Crippen molar-refractivity contribution < 1.29 is 9.47 Å². The van der Waals surface area contributed by atoms with Crippen LogP contribution in [0.15, 0.2) is 18.2 Å². The summed E-state index contributed by atoms with van der Waals surface area (Å²) in [5.41, 5.74) is 2.73. The first-order valence-electron chi connectivity index (χ1n) is 7.77. The van der Waals surface area contributed by atoms with E-state index >= 15 is 0 Å². The van der Waals surface area contributed by atoms with Crippen LogP contribution >= 0.6 is 0 Å². The van der Waals surface area contributed by atoms with Crippen LogP contribution in [-0.2, 0) is 11.2 Å². The highest BCUT2D eigenvalue weighted by Crippen LogP contribution is 2.36. The minimum absolute atomic E-state index is 0.266. The molecule has 2 aliphatic rings. The average Bonchev–Trinajstić information content (AvgIpc) is 3.11. The summed E-state index contributed by atoms with van der Waals surface area (Å²) in [6.07, 6.45) is 6.73. The number of ether oxygens (including phenoxy) is 2. The van der Waals surface area contributed by atoms with Crippen LogP contribution in [0.5, 0.6) is 5.75 Å². The Kier molecular flexibility index (Phi) is 4.27. The first-order valence-corrected chi connectivity index (χ1v) is 7.77. The smallest absolute Gasteiger partial charge is 0.119 e. The van der Waals surface area contributed by atoms with Crippen molar-refractivity contribution >= 4 is 0 Å². The molecule has 0 radical (unpaired) electrons. The van der Waals surface area contributed by atoms with E-state index in [9.17, 15) is 0 Å². The van der Waals surface area contributed by atoms with Gasteiger partial charge < -0.3 is 14.8 Å². The molecule has 1 N–H and O–H groups in total. The number of hydrogen-bond acceptors (Lipinski definition) is 3. The Morgan fingerprint density at radius 1 is 1.25 bits per heavy atom. The van der Waals surface area contributed by atoms with E-state index in [-0.39, 0.29) is 6.10 Å². The van der Waals surface area contributed by atoms with Crippen molar-refractivity contribution in [3.8, 4) is 5.75 Å². The van der Waals surface area contributed by atoms with Gasteiger partial charge in [0, 0.05) is 13.0 Å². The van der Waals surface area contributed by atoms with Crippen molar-refractivity contribution in [2.45, 2.75) is 44.2 Å². The molecule has 1 saturated carbocycles. The van der Waals surface area contributed by atoms with E-state index in [1.807, 2.05) is 13.1 Å². The summed E-state index contributed by atoms with van der Waals surface area (Å²) in [6, 6.07) is 6.67. The minimum Gasteiger partial charge on any atom is -0.497 e. The van der Waals surface area contributed by atoms with Crippen molar-refractivity contribution in [2.75, 3.05) is 20.8 Å². The van der Waals surface area contributed by atoms with Gasteiger partial charge in [0.15, 0.2) is 0 Å². The van der Waals surface area contributed by atoms with Crippen molar-refractivity contribution in [1.82, 2.24) is 5.32 Å². The van der Waals surface area contributed by atoms with Crippen molar-refractivity contribution in [2.24, 2.45) is 5.92 Å². The summed E-state index contributed by atoms with van der Waals surface area (Å²) < 4.78 is 11.6. The molecule has 0 amide bonds. The lowest BCUT2D eigenvalue weighted by Crippen LogP contribution is -2.29. The standard InChI is InChI=1S/C17H25NO2/c1-18-17-15-10-14(19-2)8-7-13(15)9-16(17)20-11-12-5-3-4-6-12/h7-8,10,12,16-18H,3-6,9,11H2,1-2H3. The van der Waals surface area contributed by atoms with Crippen LogP contribution in [0.4, 0.5) is 0 Å². The van der Waals surface area contributed by atoms with Gasteiger partial charge in [-0.25, -0.2) is 0 Å². The van der Waals surface area contributed by atoms with Crippen molar-refractivity contribution in [3.05, 3.63) is 29.3 Å². The molecule has 1 fully saturated rings. The van der Waals surface area contributed by atoms with E-state index in [4.69, 9.17) is 9.47 Å². The van der Waals surface area contributed by atoms with Gasteiger partial charge in [-0.1, -0.05) is 18.9 Å². The first kappa shape index (κ1) is 13.9. The Balaban J connectivity index is 1.67. The van der Waals surface area contributed by atoms with Crippen LogP contribution in [0, 0.1) is 5.92 Å². The topological polar surface area (TPSA) is 30.5 Å². The molecule has 110 valence electrons. The second-order valence-corrected chi connectivity index (χ2v) is 6.06. The molecule has 1 aromatic rings. The lowest BCUT2D eigenvalue weighted by Gasteiger charge is -2.22. The normalized spacial score (nSPS) is 25.9. The van der Waals surface area contributed by atoms with E-state index in [0.29, 0.717) is 6.04 Å². The maximum absolute atomic E-state index is 6.24. The van der Waals surface area contributed by atoms with Crippen LogP contribution in [0.3, 0.4) is 0 Å². The number of nitrogens with one attached hydrogen (secondary N) is 1. The molecule has 0 saturated heterocycles. The summed E-state index contributed by atoms with van der Waals surface area (Å²) in [4.78, 5) is 0. The predicted octanol–water partition coefficient (Wildman–Crippen LogP) is 3.09. The second kappa shape index (κ2) is 6.15. The third-order valence-corrected chi connectivity index (χ3v) is 4.81. The number of likely N-dealkylation sites (N-methyl/N-ethyl adjacent to an activating group) is 1. The number of hydrogen-bond donors (Lipinski definition) is 1. The van der Waals surface area contributed by atoms with Gasteiger partial charge in [0.1, 0.15) is 5.75 Å². The number of rotatable bonds is 5. The van der Waals surface area contributed by atoms with Crippen LogP contribution < -0.4 is 10.1 Å². The molecule has 0 aromatic heterocycles. The van der Waals surface area contributed by atoms with Gasteiger partial charge in [0.05, 0.1) is 19.3 Å². The highest BCUT2D eigenvalue weighted by atomic mass is 16.5. The van der Waals surface area contributed by atoms with Crippen molar-refractivity contribution in [1.29, 1.82) is 0 Å². The molecule has 0 aliphatic heterocycles. The molecule has 20 heavy (non-hydrogen) atoms. The van der Waals surface area contributed by atoms with Gasteiger partial charge in [-0.15, -0.1) is 0 Å². The fourth-order valence-electron chi connectivity index (χ4n) is 3.64. The third-order valence-electron chi connectivity index (χ3n) is 4.81.